The number of rotatable bonds is 6. The van der Waals surface area contributed by atoms with Crippen LogP contribution >= 0.6 is 0 Å². The van der Waals surface area contributed by atoms with Crippen LogP contribution in [0.25, 0.3) is 0 Å². The van der Waals surface area contributed by atoms with Gasteiger partial charge in [0.25, 0.3) is 0 Å². The number of methoxy groups -OCH3 is 1. The molecule has 0 aromatic heterocycles. The average molecular weight is 302 g/mol. The van der Waals surface area contributed by atoms with Crippen LogP contribution in [0.15, 0.2) is 29.2 Å². The van der Waals surface area contributed by atoms with Crippen molar-refractivity contribution in [3.8, 4) is 0 Å². The van der Waals surface area contributed by atoms with E-state index in [4.69, 9.17) is 0 Å². The number of hydrogen-bond donors (Lipinski definition) is 2. The van der Waals surface area contributed by atoms with Crippen molar-refractivity contribution in [2.75, 3.05) is 32.6 Å². The van der Waals surface area contributed by atoms with Crippen molar-refractivity contribution in [1.29, 1.82) is 0 Å². The normalized spacial score (nSPS) is 12.8. The molecular weight excluding hydrogens is 284 g/mol. The first-order chi connectivity index (χ1) is 9.27. The molecule has 0 fully saturated rings. The molecule has 0 bridgehead atoms. The van der Waals surface area contributed by atoms with Gasteiger partial charge in [-0.3, -0.25) is 0 Å². The lowest BCUT2D eigenvalue weighted by Gasteiger charge is -2.14. The minimum Gasteiger partial charge on any atom is -0.467 e. The Labute approximate surface area is 118 Å². The van der Waals surface area contributed by atoms with E-state index in [0.29, 0.717) is 0 Å². The Hall–Kier alpha value is -1.64. The molecule has 0 aliphatic carbocycles. The number of anilines is 1. The fraction of sp³-hybridized carbons (Fsp3) is 0.417. The summed E-state index contributed by atoms with van der Waals surface area (Å²) in [5.41, 5.74) is 0.724. The number of nitrogens with one attached hydrogen (secondary N) is 1. The van der Waals surface area contributed by atoms with Crippen molar-refractivity contribution in [1.82, 2.24) is 4.72 Å². The molecule has 2 N–H and O–H groups in total. The topological polar surface area (TPSA) is 95.9 Å². The minimum absolute atomic E-state index is 0.0563. The van der Waals surface area contributed by atoms with Crippen molar-refractivity contribution < 1.29 is 23.1 Å². The van der Waals surface area contributed by atoms with Gasteiger partial charge in [0.05, 0.1) is 12.0 Å². The Morgan fingerprint density at radius 2 is 2.10 bits per heavy atom. The molecule has 0 saturated heterocycles. The summed E-state index contributed by atoms with van der Waals surface area (Å²) in [5, 5.41) is 9.36. The molecule has 20 heavy (non-hydrogen) atoms. The number of nitrogens with zero attached hydrogens (tertiary/aromatic N) is 1. The molecule has 1 aromatic carbocycles. The Morgan fingerprint density at radius 3 is 2.65 bits per heavy atom. The van der Waals surface area contributed by atoms with Crippen LogP contribution < -0.4 is 9.62 Å². The molecule has 7 nitrogen and oxygen atoms in total. The molecule has 1 atom stereocenters. The van der Waals surface area contributed by atoms with Gasteiger partial charge in [-0.1, -0.05) is 6.07 Å². The van der Waals surface area contributed by atoms with Crippen molar-refractivity contribution in [3.05, 3.63) is 24.3 Å². The van der Waals surface area contributed by atoms with E-state index in [1.807, 2.05) is 0 Å². The highest BCUT2D eigenvalue weighted by Crippen LogP contribution is 2.17. The lowest BCUT2D eigenvalue weighted by Crippen LogP contribution is -2.37. The standard InChI is InChI=1S/C12H18N2O5S/c1-14(2)9-5-4-6-10(7-9)20(17,18)13-8-11(15)12(16)19-3/h4-7,11,13,15H,8H2,1-3H3. The summed E-state index contributed by atoms with van der Waals surface area (Å²) in [5.74, 6) is -0.894. The van der Waals surface area contributed by atoms with Crippen LogP contribution in [0.2, 0.25) is 0 Å². The molecule has 112 valence electrons. The van der Waals surface area contributed by atoms with Gasteiger partial charge >= 0.3 is 5.97 Å². The van der Waals surface area contributed by atoms with E-state index in [1.165, 1.54) is 12.1 Å². The zero-order valence-corrected chi connectivity index (χ0v) is 12.3. The third-order valence-corrected chi connectivity index (χ3v) is 4.01. The fourth-order valence-electron chi connectivity index (χ4n) is 1.42. The Bertz CT molecular complexity index is 571. The maximum Gasteiger partial charge on any atom is 0.336 e. The summed E-state index contributed by atoms with van der Waals surface area (Å²) in [6.07, 6.45) is -1.54. The molecule has 1 aromatic rings. The summed E-state index contributed by atoms with van der Waals surface area (Å²) in [4.78, 5) is 12.8. The maximum absolute atomic E-state index is 12.0. The number of aliphatic hydroxyl groups excluding tert-OH is 1. The average Bonchev–Trinajstić information content (AvgIpc) is 2.44. The van der Waals surface area contributed by atoms with E-state index in [-0.39, 0.29) is 4.90 Å². The van der Waals surface area contributed by atoms with Crippen molar-refractivity contribution in [2.24, 2.45) is 0 Å². The van der Waals surface area contributed by atoms with Crippen LogP contribution in [-0.2, 0) is 19.6 Å². The van der Waals surface area contributed by atoms with Crippen molar-refractivity contribution >= 4 is 21.7 Å². The van der Waals surface area contributed by atoms with Gasteiger partial charge in [0.2, 0.25) is 10.0 Å². The number of sulfonamides is 1. The number of carbonyl (C=O) groups is 1. The van der Waals surface area contributed by atoms with Gasteiger partial charge in [0.1, 0.15) is 0 Å². The predicted octanol–water partition coefficient (Wildman–Crippen LogP) is -0.435. The molecule has 0 saturated carbocycles. The van der Waals surface area contributed by atoms with E-state index in [2.05, 4.69) is 9.46 Å². The third kappa shape index (κ3) is 4.19. The number of ether oxygens (including phenoxy) is 1. The quantitative estimate of drug-likeness (QED) is 0.692. The summed E-state index contributed by atoms with van der Waals surface area (Å²) in [6.45, 7) is -0.443. The van der Waals surface area contributed by atoms with Gasteiger partial charge in [-0.15, -0.1) is 0 Å². The molecule has 0 radical (unpaired) electrons. The van der Waals surface area contributed by atoms with E-state index >= 15 is 0 Å². The summed E-state index contributed by atoms with van der Waals surface area (Å²) in [6, 6.07) is 6.30. The monoisotopic (exact) mass is 302 g/mol. The van der Waals surface area contributed by atoms with Gasteiger partial charge in [0, 0.05) is 26.3 Å². The van der Waals surface area contributed by atoms with Crippen molar-refractivity contribution in [2.45, 2.75) is 11.0 Å². The highest BCUT2D eigenvalue weighted by molar-refractivity contribution is 7.89. The zero-order chi connectivity index (χ0) is 15.3. The highest BCUT2D eigenvalue weighted by atomic mass is 32.2. The number of carbonyl (C=O) groups excluding carboxylic acids is 1. The first-order valence-corrected chi connectivity index (χ1v) is 7.29. The van der Waals surface area contributed by atoms with E-state index in [1.54, 1.807) is 31.1 Å². The van der Waals surface area contributed by atoms with E-state index in [9.17, 15) is 18.3 Å². The predicted molar refractivity (Wildman–Crippen MR) is 74.0 cm³/mol. The molecule has 1 unspecified atom stereocenters. The summed E-state index contributed by atoms with van der Waals surface area (Å²) >= 11 is 0. The van der Waals surface area contributed by atoms with Gasteiger partial charge in [-0.2, -0.15) is 0 Å². The van der Waals surface area contributed by atoms with Gasteiger partial charge < -0.3 is 14.7 Å². The molecule has 0 amide bonds. The van der Waals surface area contributed by atoms with Crippen LogP contribution in [0.1, 0.15) is 0 Å². The smallest absolute Gasteiger partial charge is 0.336 e. The second-order valence-corrected chi connectivity index (χ2v) is 6.05. The second kappa shape index (κ2) is 6.69. The number of benzene rings is 1. The lowest BCUT2D eigenvalue weighted by molar-refractivity contribution is -0.149. The molecule has 0 aliphatic heterocycles. The molecular formula is C12H18N2O5S. The fourth-order valence-corrected chi connectivity index (χ4v) is 2.50. The van der Waals surface area contributed by atoms with Crippen LogP contribution in [0.3, 0.4) is 0 Å². The lowest BCUT2D eigenvalue weighted by atomic mass is 10.3. The van der Waals surface area contributed by atoms with Crippen LogP contribution in [0, 0.1) is 0 Å². The first-order valence-electron chi connectivity index (χ1n) is 5.81. The molecule has 0 spiro atoms. The van der Waals surface area contributed by atoms with E-state index in [0.717, 1.165) is 12.8 Å². The largest absolute Gasteiger partial charge is 0.467 e. The maximum atomic E-state index is 12.0. The van der Waals surface area contributed by atoms with E-state index < -0.39 is 28.6 Å². The molecule has 0 aliphatic rings. The Kier molecular flexibility index (Phi) is 5.49. The van der Waals surface area contributed by atoms with Gasteiger partial charge in [-0.05, 0) is 18.2 Å². The van der Waals surface area contributed by atoms with Crippen LogP contribution in [-0.4, -0.2) is 53.3 Å². The van der Waals surface area contributed by atoms with Crippen LogP contribution in [0.4, 0.5) is 5.69 Å². The molecule has 0 heterocycles. The number of esters is 1. The second-order valence-electron chi connectivity index (χ2n) is 4.28. The Balaban J connectivity index is 2.84. The molecule has 8 heteroatoms. The van der Waals surface area contributed by atoms with Gasteiger partial charge in [-0.25, -0.2) is 17.9 Å². The van der Waals surface area contributed by atoms with Crippen molar-refractivity contribution in [3.63, 3.8) is 0 Å². The Morgan fingerprint density at radius 1 is 1.45 bits per heavy atom. The highest BCUT2D eigenvalue weighted by Gasteiger charge is 2.20. The minimum atomic E-state index is -3.80. The van der Waals surface area contributed by atoms with Gasteiger partial charge in [0.15, 0.2) is 6.10 Å². The third-order valence-electron chi connectivity index (χ3n) is 2.58. The summed E-state index contributed by atoms with van der Waals surface area (Å²) in [7, 11) is 0.898. The van der Waals surface area contributed by atoms with Crippen LogP contribution in [0.5, 0.6) is 0 Å². The molecule has 1 rings (SSSR count). The number of aliphatic hydroxyl groups is 1. The summed E-state index contributed by atoms with van der Waals surface area (Å²) < 4.78 is 30.5. The number of hydrogen-bond acceptors (Lipinski definition) is 6. The zero-order valence-electron chi connectivity index (χ0n) is 11.5. The SMILES string of the molecule is COC(=O)C(O)CNS(=O)(=O)c1cccc(N(C)C)c1. The first kappa shape index (κ1) is 16.4.